The Bertz CT molecular complexity index is 789. The number of likely N-dealkylation sites (tertiary alicyclic amines) is 1. The van der Waals surface area contributed by atoms with Gasteiger partial charge in [-0.15, -0.1) is 0 Å². The number of hydrogen-bond donors (Lipinski definition) is 2. The second-order valence-electron chi connectivity index (χ2n) is 8.29. The molecule has 5 unspecified atom stereocenters. The van der Waals surface area contributed by atoms with E-state index in [1.54, 1.807) is 0 Å². The third-order valence-electron chi connectivity index (χ3n) is 6.43. The van der Waals surface area contributed by atoms with Crippen LogP contribution >= 0.6 is 0 Å². The number of nitrogens with one attached hydrogen (secondary N) is 2. The zero-order chi connectivity index (χ0) is 20.4. The minimum atomic E-state index is -0.119. The maximum Gasteiger partial charge on any atom is 0.233 e. The standard InChI is InChI=1S/C23H30N4O2/c1-3-24-23(26-14-15(2)16-7-5-4-6-8-16)25-11-12-27-21(28)19-17-9-10-18(13-17)20(19)22(27)29/h4-10,15,17-20H,3,11-14H2,1-2H3,(H2,24,25,26). The van der Waals surface area contributed by atoms with Gasteiger partial charge in [-0.3, -0.25) is 19.5 Å². The van der Waals surface area contributed by atoms with Gasteiger partial charge >= 0.3 is 0 Å². The third kappa shape index (κ3) is 3.80. The van der Waals surface area contributed by atoms with E-state index in [4.69, 9.17) is 0 Å². The Kier molecular flexibility index (Phi) is 5.69. The minimum Gasteiger partial charge on any atom is -0.357 e. The van der Waals surface area contributed by atoms with Crippen LogP contribution in [0.15, 0.2) is 47.5 Å². The van der Waals surface area contributed by atoms with E-state index >= 15 is 0 Å². The zero-order valence-electron chi connectivity index (χ0n) is 17.2. The van der Waals surface area contributed by atoms with Crippen LogP contribution in [0.3, 0.4) is 0 Å². The van der Waals surface area contributed by atoms with Crippen molar-refractivity contribution in [1.29, 1.82) is 0 Å². The van der Waals surface area contributed by atoms with Gasteiger partial charge in [0.1, 0.15) is 0 Å². The highest BCUT2D eigenvalue weighted by atomic mass is 16.2. The molecule has 1 heterocycles. The second kappa shape index (κ2) is 8.39. The largest absolute Gasteiger partial charge is 0.357 e. The molecule has 2 bridgehead atoms. The molecule has 3 aliphatic rings. The highest BCUT2D eigenvalue weighted by Crippen LogP contribution is 2.52. The topological polar surface area (TPSA) is 73.8 Å². The van der Waals surface area contributed by atoms with Crippen molar-refractivity contribution in [3.63, 3.8) is 0 Å². The van der Waals surface area contributed by atoms with Crippen molar-refractivity contribution in [1.82, 2.24) is 15.5 Å². The lowest BCUT2D eigenvalue weighted by Gasteiger charge is -2.19. The molecule has 1 aromatic carbocycles. The number of carbonyl (C=O) groups is 2. The van der Waals surface area contributed by atoms with Gasteiger partial charge in [0.15, 0.2) is 5.96 Å². The molecule has 2 fully saturated rings. The van der Waals surface area contributed by atoms with Gasteiger partial charge in [0.05, 0.1) is 11.8 Å². The number of benzene rings is 1. The summed E-state index contributed by atoms with van der Waals surface area (Å²) in [5.74, 6) is 1.34. The van der Waals surface area contributed by atoms with Crippen LogP contribution in [0.25, 0.3) is 0 Å². The predicted molar refractivity (Wildman–Crippen MR) is 113 cm³/mol. The minimum absolute atomic E-state index is 0.0123. The lowest BCUT2D eigenvalue weighted by atomic mass is 9.85. The van der Waals surface area contributed by atoms with E-state index in [1.807, 2.05) is 25.1 Å². The first-order chi connectivity index (χ1) is 14.1. The fraction of sp³-hybridized carbons (Fsp3) is 0.522. The average Bonchev–Trinajstić information content (AvgIpc) is 3.42. The summed E-state index contributed by atoms with van der Waals surface area (Å²) >= 11 is 0. The van der Waals surface area contributed by atoms with E-state index < -0.39 is 0 Å². The summed E-state index contributed by atoms with van der Waals surface area (Å²) in [5, 5.41) is 6.52. The fourth-order valence-electron chi connectivity index (χ4n) is 4.93. The quantitative estimate of drug-likeness (QED) is 0.322. The fourth-order valence-corrected chi connectivity index (χ4v) is 4.93. The second-order valence-corrected chi connectivity index (χ2v) is 8.29. The normalized spacial score (nSPS) is 28.8. The number of amides is 2. The molecule has 5 atom stereocenters. The lowest BCUT2D eigenvalue weighted by Crippen LogP contribution is -2.43. The van der Waals surface area contributed by atoms with Crippen LogP contribution < -0.4 is 10.6 Å². The number of hydrogen-bond acceptors (Lipinski definition) is 3. The number of nitrogens with zero attached hydrogens (tertiary/aromatic N) is 2. The molecular weight excluding hydrogens is 364 g/mol. The van der Waals surface area contributed by atoms with Crippen molar-refractivity contribution in [2.75, 3.05) is 26.2 Å². The Hall–Kier alpha value is -2.63. The smallest absolute Gasteiger partial charge is 0.233 e. The van der Waals surface area contributed by atoms with Gasteiger partial charge in [-0.2, -0.15) is 0 Å². The molecule has 1 aromatic rings. The van der Waals surface area contributed by atoms with Crippen LogP contribution in [0.1, 0.15) is 31.7 Å². The number of carbonyl (C=O) groups excluding carboxylic acids is 2. The maximum absolute atomic E-state index is 12.8. The first-order valence-electron chi connectivity index (χ1n) is 10.7. The Balaban J connectivity index is 1.31. The van der Waals surface area contributed by atoms with Crippen molar-refractivity contribution in [2.45, 2.75) is 26.2 Å². The molecule has 1 saturated heterocycles. The molecule has 29 heavy (non-hydrogen) atoms. The molecule has 4 rings (SSSR count). The van der Waals surface area contributed by atoms with Gasteiger partial charge in [-0.25, -0.2) is 0 Å². The molecule has 6 nitrogen and oxygen atoms in total. The molecule has 0 spiro atoms. The summed E-state index contributed by atoms with van der Waals surface area (Å²) in [5.41, 5.74) is 1.26. The first-order valence-corrected chi connectivity index (χ1v) is 10.7. The highest BCUT2D eigenvalue weighted by molar-refractivity contribution is 6.06. The van der Waals surface area contributed by atoms with Crippen LogP contribution in [0.4, 0.5) is 0 Å². The number of fused-ring (bicyclic) bond motifs is 5. The van der Waals surface area contributed by atoms with E-state index in [9.17, 15) is 9.59 Å². The molecule has 0 radical (unpaired) electrons. The Morgan fingerprint density at radius 1 is 1.10 bits per heavy atom. The van der Waals surface area contributed by atoms with E-state index in [0.717, 1.165) is 18.9 Å². The number of imide groups is 1. The number of rotatable bonds is 7. The Morgan fingerprint density at radius 3 is 2.38 bits per heavy atom. The number of aliphatic imine (C=N–C) groups is 1. The van der Waals surface area contributed by atoms with E-state index in [-0.39, 0.29) is 35.5 Å². The number of allylic oxidation sites excluding steroid dienone is 2. The predicted octanol–water partition coefficient (Wildman–Crippen LogP) is 2.15. The Labute approximate surface area is 172 Å². The van der Waals surface area contributed by atoms with E-state index in [2.05, 4.69) is 46.8 Å². The van der Waals surface area contributed by atoms with Gasteiger partial charge in [-0.1, -0.05) is 49.4 Å². The summed E-state index contributed by atoms with van der Waals surface area (Å²) in [6.07, 6.45) is 5.22. The number of guanidine groups is 1. The maximum atomic E-state index is 12.8. The lowest BCUT2D eigenvalue weighted by molar-refractivity contribution is -0.140. The van der Waals surface area contributed by atoms with Crippen LogP contribution in [0.2, 0.25) is 0 Å². The van der Waals surface area contributed by atoms with Crippen LogP contribution in [0, 0.1) is 23.7 Å². The zero-order valence-corrected chi connectivity index (χ0v) is 17.2. The molecule has 6 heteroatoms. The molecule has 0 aromatic heterocycles. The van der Waals surface area contributed by atoms with Gasteiger partial charge in [0.2, 0.25) is 11.8 Å². The van der Waals surface area contributed by atoms with Gasteiger partial charge in [0, 0.05) is 32.1 Å². The molecule has 1 aliphatic heterocycles. The summed E-state index contributed by atoms with van der Waals surface area (Å²) in [6, 6.07) is 10.3. The van der Waals surface area contributed by atoms with Crippen LogP contribution in [0.5, 0.6) is 0 Å². The summed E-state index contributed by atoms with van der Waals surface area (Å²) in [7, 11) is 0. The van der Waals surface area contributed by atoms with Crippen molar-refractivity contribution < 1.29 is 9.59 Å². The highest BCUT2D eigenvalue weighted by Gasteiger charge is 2.58. The average molecular weight is 395 g/mol. The van der Waals surface area contributed by atoms with Crippen molar-refractivity contribution in [2.24, 2.45) is 28.7 Å². The monoisotopic (exact) mass is 394 g/mol. The molecule has 1 saturated carbocycles. The van der Waals surface area contributed by atoms with Gasteiger partial charge in [-0.05, 0) is 30.7 Å². The molecule has 2 aliphatic carbocycles. The van der Waals surface area contributed by atoms with Crippen molar-refractivity contribution in [3.8, 4) is 0 Å². The molecule has 2 amide bonds. The van der Waals surface area contributed by atoms with Gasteiger partial charge in [0.25, 0.3) is 0 Å². The molecular formula is C23H30N4O2. The van der Waals surface area contributed by atoms with E-state index in [0.29, 0.717) is 25.6 Å². The van der Waals surface area contributed by atoms with Crippen molar-refractivity contribution >= 4 is 17.8 Å². The SMILES string of the molecule is CCNC(=NCC(C)c1ccccc1)NCCN1C(=O)C2C3C=CC(C3)C2C1=O. The third-order valence-corrected chi connectivity index (χ3v) is 6.43. The molecule has 2 N–H and O–H groups in total. The van der Waals surface area contributed by atoms with Crippen molar-refractivity contribution in [3.05, 3.63) is 48.0 Å². The van der Waals surface area contributed by atoms with Crippen LogP contribution in [-0.2, 0) is 9.59 Å². The summed E-state index contributed by atoms with van der Waals surface area (Å²) < 4.78 is 0. The summed E-state index contributed by atoms with van der Waals surface area (Å²) in [6.45, 7) is 6.50. The molecule has 154 valence electrons. The van der Waals surface area contributed by atoms with Crippen LogP contribution in [-0.4, -0.2) is 48.9 Å². The van der Waals surface area contributed by atoms with Gasteiger partial charge < -0.3 is 10.6 Å². The Morgan fingerprint density at radius 2 is 1.76 bits per heavy atom. The first kappa shape index (κ1) is 19.7. The summed E-state index contributed by atoms with van der Waals surface area (Å²) in [4.78, 5) is 31.7. The van der Waals surface area contributed by atoms with E-state index in [1.165, 1.54) is 10.5 Å².